The van der Waals surface area contributed by atoms with E-state index in [-0.39, 0.29) is 29.6 Å². The van der Waals surface area contributed by atoms with E-state index in [9.17, 15) is 17.6 Å². The predicted octanol–water partition coefficient (Wildman–Crippen LogP) is 0.664. The highest BCUT2D eigenvalue weighted by Gasteiger charge is 2.19. The minimum atomic E-state index is -3.59. The Balaban J connectivity index is 0.00000220. The van der Waals surface area contributed by atoms with Crippen molar-refractivity contribution in [1.29, 1.82) is 0 Å². The Labute approximate surface area is 129 Å². The molecular formula is C12H17ClFN3O3S. The van der Waals surface area contributed by atoms with Crippen molar-refractivity contribution in [3.8, 4) is 0 Å². The number of anilines is 1. The number of hydrogen-bond donors (Lipinski definition) is 2. The number of carbonyl (C=O) groups is 1. The number of halogens is 2. The lowest BCUT2D eigenvalue weighted by molar-refractivity contribution is 0.0736. The number of rotatable bonds is 3. The maximum absolute atomic E-state index is 13.5. The van der Waals surface area contributed by atoms with E-state index in [1.165, 1.54) is 12.1 Å². The lowest BCUT2D eigenvalue weighted by Crippen LogP contribution is -2.46. The highest BCUT2D eigenvalue weighted by Crippen LogP contribution is 2.18. The molecule has 9 heteroatoms. The first-order valence-electron chi connectivity index (χ1n) is 6.14. The minimum absolute atomic E-state index is 0. The number of nitrogens with zero attached hydrogens (tertiary/aromatic N) is 1. The monoisotopic (exact) mass is 337 g/mol. The summed E-state index contributed by atoms with van der Waals surface area (Å²) in [5.74, 6) is -0.949. The van der Waals surface area contributed by atoms with Gasteiger partial charge in [0.15, 0.2) is 0 Å². The molecule has 0 bridgehead atoms. The molecule has 2 rings (SSSR count). The zero-order valence-electron chi connectivity index (χ0n) is 11.4. The SMILES string of the molecule is CS(=O)(=O)Nc1cc(C(=O)N2CCNCC2)ccc1F.Cl. The molecule has 0 saturated carbocycles. The van der Waals surface area contributed by atoms with Gasteiger partial charge in [-0.05, 0) is 18.2 Å². The summed E-state index contributed by atoms with van der Waals surface area (Å²) in [6.07, 6.45) is 0.928. The number of sulfonamides is 1. The highest BCUT2D eigenvalue weighted by atomic mass is 35.5. The summed E-state index contributed by atoms with van der Waals surface area (Å²) in [5, 5.41) is 3.13. The largest absolute Gasteiger partial charge is 0.336 e. The van der Waals surface area contributed by atoms with Crippen LogP contribution in [0.3, 0.4) is 0 Å². The molecule has 2 N–H and O–H groups in total. The van der Waals surface area contributed by atoms with Crippen LogP contribution in [0.2, 0.25) is 0 Å². The summed E-state index contributed by atoms with van der Waals surface area (Å²) in [5.41, 5.74) is 0.0490. The molecular weight excluding hydrogens is 321 g/mol. The molecule has 1 aliphatic heterocycles. The van der Waals surface area contributed by atoms with Crippen LogP contribution in [0.15, 0.2) is 18.2 Å². The van der Waals surface area contributed by atoms with Crippen molar-refractivity contribution in [1.82, 2.24) is 10.2 Å². The van der Waals surface area contributed by atoms with Crippen LogP contribution >= 0.6 is 12.4 Å². The van der Waals surface area contributed by atoms with Crippen LogP contribution in [0, 0.1) is 5.82 Å². The number of piperazine rings is 1. The second-order valence-electron chi connectivity index (χ2n) is 4.61. The fourth-order valence-corrected chi connectivity index (χ4v) is 2.54. The van der Waals surface area contributed by atoms with Crippen molar-refractivity contribution in [2.75, 3.05) is 37.2 Å². The number of nitrogens with one attached hydrogen (secondary N) is 2. The Bertz CT molecular complexity index is 618. The lowest BCUT2D eigenvalue weighted by Gasteiger charge is -2.27. The second kappa shape index (κ2) is 7.06. The molecule has 1 amide bonds. The molecule has 1 aliphatic rings. The summed E-state index contributed by atoms with van der Waals surface area (Å²) in [6, 6.07) is 3.66. The summed E-state index contributed by atoms with van der Waals surface area (Å²) in [7, 11) is -3.59. The number of amides is 1. The van der Waals surface area contributed by atoms with Crippen molar-refractivity contribution in [3.63, 3.8) is 0 Å². The molecule has 0 radical (unpaired) electrons. The highest BCUT2D eigenvalue weighted by molar-refractivity contribution is 7.92. The van der Waals surface area contributed by atoms with E-state index in [4.69, 9.17) is 0 Å². The molecule has 6 nitrogen and oxygen atoms in total. The molecule has 0 aliphatic carbocycles. The summed E-state index contributed by atoms with van der Waals surface area (Å²) in [4.78, 5) is 13.9. The summed E-state index contributed by atoms with van der Waals surface area (Å²) < 4.78 is 37.9. The first-order chi connectivity index (χ1) is 9.37. The first kappa shape index (κ1) is 17.7. The molecule has 0 atom stereocenters. The van der Waals surface area contributed by atoms with E-state index in [0.717, 1.165) is 12.3 Å². The lowest BCUT2D eigenvalue weighted by atomic mass is 10.1. The van der Waals surface area contributed by atoms with E-state index < -0.39 is 15.8 Å². The van der Waals surface area contributed by atoms with Gasteiger partial charge in [0, 0.05) is 31.7 Å². The van der Waals surface area contributed by atoms with Gasteiger partial charge in [0.2, 0.25) is 10.0 Å². The second-order valence-corrected chi connectivity index (χ2v) is 6.36. The Morgan fingerprint density at radius 2 is 1.95 bits per heavy atom. The van der Waals surface area contributed by atoms with Gasteiger partial charge in [0.05, 0.1) is 11.9 Å². The van der Waals surface area contributed by atoms with Crippen molar-refractivity contribution >= 4 is 34.0 Å². The molecule has 21 heavy (non-hydrogen) atoms. The van der Waals surface area contributed by atoms with Gasteiger partial charge < -0.3 is 10.2 Å². The molecule has 1 aromatic rings. The third kappa shape index (κ3) is 4.83. The Hall–Kier alpha value is -1.38. The first-order valence-corrected chi connectivity index (χ1v) is 8.03. The van der Waals surface area contributed by atoms with E-state index in [0.29, 0.717) is 26.2 Å². The molecule has 0 spiro atoms. The van der Waals surface area contributed by atoms with Gasteiger partial charge in [0.25, 0.3) is 5.91 Å². The van der Waals surface area contributed by atoms with Crippen molar-refractivity contribution < 1.29 is 17.6 Å². The van der Waals surface area contributed by atoms with Gasteiger partial charge in [-0.15, -0.1) is 12.4 Å². The predicted molar refractivity (Wildman–Crippen MR) is 80.9 cm³/mol. The fourth-order valence-electron chi connectivity index (χ4n) is 1.99. The van der Waals surface area contributed by atoms with Crippen LogP contribution in [0.5, 0.6) is 0 Å². The topological polar surface area (TPSA) is 78.5 Å². The fraction of sp³-hybridized carbons (Fsp3) is 0.417. The van der Waals surface area contributed by atoms with E-state index in [1.807, 2.05) is 0 Å². The smallest absolute Gasteiger partial charge is 0.254 e. The van der Waals surface area contributed by atoms with Crippen LogP contribution in [0.25, 0.3) is 0 Å². The number of benzene rings is 1. The number of hydrogen-bond acceptors (Lipinski definition) is 4. The van der Waals surface area contributed by atoms with Gasteiger partial charge in [-0.3, -0.25) is 9.52 Å². The maximum atomic E-state index is 13.5. The van der Waals surface area contributed by atoms with Crippen molar-refractivity contribution in [3.05, 3.63) is 29.6 Å². The third-order valence-corrected chi connectivity index (χ3v) is 3.50. The summed E-state index contributed by atoms with van der Waals surface area (Å²) in [6.45, 7) is 2.57. The van der Waals surface area contributed by atoms with Gasteiger partial charge in [0.1, 0.15) is 5.82 Å². The minimum Gasteiger partial charge on any atom is -0.336 e. The van der Waals surface area contributed by atoms with Gasteiger partial charge in [-0.2, -0.15) is 0 Å². The van der Waals surface area contributed by atoms with Crippen LogP contribution in [-0.2, 0) is 10.0 Å². The number of carbonyl (C=O) groups excluding carboxylic acids is 1. The molecule has 0 aromatic heterocycles. The quantitative estimate of drug-likeness (QED) is 0.849. The van der Waals surface area contributed by atoms with Gasteiger partial charge in [-0.25, -0.2) is 12.8 Å². The Morgan fingerprint density at radius 1 is 1.33 bits per heavy atom. The van der Waals surface area contributed by atoms with Crippen molar-refractivity contribution in [2.45, 2.75) is 0 Å². The summed E-state index contributed by atoms with van der Waals surface area (Å²) >= 11 is 0. The average molecular weight is 338 g/mol. The zero-order valence-corrected chi connectivity index (χ0v) is 13.1. The Morgan fingerprint density at radius 3 is 2.52 bits per heavy atom. The van der Waals surface area contributed by atoms with E-state index >= 15 is 0 Å². The molecule has 0 unspecified atom stereocenters. The molecule has 1 fully saturated rings. The molecule has 1 heterocycles. The van der Waals surface area contributed by atoms with Gasteiger partial charge >= 0.3 is 0 Å². The molecule has 118 valence electrons. The van der Waals surface area contributed by atoms with E-state index in [1.54, 1.807) is 4.90 Å². The van der Waals surface area contributed by atoms with Crippen LogP contribution in [0.1, 0.15) is 10.4 Å². The van der Waals surface area contributed by atoms with Crippen LogP contribution in [0.4, 0.5) is 10.1 Å². The average Bonchev–Trinajstić information content (AvgIpc) is 2.40. The standard InChI is InChI=1S/C12H16FN3O3S.ClH/c1-20(18,19)15-11-8-9(2-3-10(11)13)12(17)16-6-4-14-5-7-16;/h2-3,8,14-15H,4-7H2,1H3;1H. The maximum Gasteiger partial charge on any atom is 0.254 e. The molecule has 1 saturated heterocycles. The van der Waals surface area contributed by atoms with Crippen LogP contribution in [-0.4, -0.2) is 51.7 Å². The Kier molecular flexibility index (Phi) is 5.94. The zero-order chi connectivity index (χ0) is 14.8. The van der Waals surface area contributed by atoms with Gasteiger partial charge in [-0.1, -0.05) is 0 Å². The van der Waals surface area contributed by atoms with E-state index in [2.05, 4.69) is 10.0 Å². The third-order valence-electron chi connectivity index (χ3n) is 2.91. The molecule has 1 aromatic carbocycles. The van der Waals surface area contributed by atoms with Crippen LogP contribution < -0.4 is 10.0 Å². The normalized spacial score (nSPS) is 15.2. The van der Waals surface area contributed by atoms with Crippen molar-refractivity contribution in [2.24, 2.45) is 0 Å².